The normalized spacial score (nSPS) is 19.9. The fourth-order valence-corrected chi connectivity index (χ4v) is 4.18. The Kier molecular flexibility index (Phi) is 5.42. The Morgan fingerprint density at radius 3 is 2.13 bits per heavy atom. The molecule has 1 aliphatic rings. The molecular formula is C24H17Cl2NO3. The molecule has 0 N–H and O–H groups in total. The quantitative estimate of drug-likeness (QED) is 0.345. The highest BCUT2D eigenvalue weighted by atomic mass is 35.5. The van der Waals surface area contributed by atoms with Crippen molar-refractivity contribution in [3.8, 4) is 17.6 Å². The highest BCUT2D eigenvalue weighted by molar-refractivity contribution is 6.54. The fraction of sp³-hybridized carbons (Fsp3) is 0.167. The van der Waals surface area contributed by atoms with E-state index in [9.17, 15) is 10.1 Å². The summed E-state index contributed by atoms with van der Waals surface area (Å²) in [6.45, 7) is 0. The van der Waals surface area contributed by atoms with Crippen LogP contribution in [0.4, 0.5) is 0 Å². The van der Waals surface area contributed by atoms with Crippen molar-refractivity contribution in [1.29, 1.82) is 5.26 Å². The Morgan fingerprint density at radius 1 is 0.933 bits per heavy atom. The van der Waals surface area contributed by atoms with Gasteiger partial charge in [-0.05, 0) is 29.8 Å². The van der Waals surface area contributed by atoms with Gasteiger partial charge in [0.1, 0.15) is 27.3 Å². The van der Waals surface area contributed by atoms with Crippen LogP contribution in [-0.4, -0.2) is 10.3 Å². The molecule has 0 bridgehead atoms. The summed E-state index contributed by atoms with van der Waals surface area (Å²) in [5, 5.41) is 9.66. The maximum absolute atomic E-state index is 13.1. The number of alkyl halides is 2. The monoisotopic (exact) mass is 437 g/mol. The van der Waals surface area contributed by atoms with E-state index in [0.29, 0.717) is 22.6 Å². The SMILES string of the molecule is N#CC(OC(=O)C1(c2ccccc2)CC1(Cl)Cl)c1cccc(Oc2ccccc2)c1. The summed E-state index contributed by atoms with van der Waals surface area (Å²) < 4.78 is 10.1. The van der Waals surface area contributed by atoms with E-state index in [1.807, 2.05) is 42.5 Å². The summed E-state index contributed by atoms with van der Waals surface area (Å²) in [4.78, 5) is 13.1. The maximum atomic E-state index is 13.1. The molecule has 0 aromatic heterocycles. The predicted octanol–water partition coefficient (Wildman–Crippen LogP) is 6.10. The lowest BCUT2D eigenvalue weighted by Gasteiger charge is -2.20. The van der Waals surface area contributed by atoms with Crippen LogP contribution in [-0.2, 0) is 14.9 Å². The molecule has 0 heterocycles. The van der Waals surface area contributed by atoms with E-state index in [0.717, 1.165) is 0 Å². The third kappa shape index (κ3) is 3.75. The van der Waals surface area contributed by atoms with Gasteiger partial charge in [-0.1, -0.05) is 83.9 Å². The Morgan fingerprint density at radius 2 is 1.53 bits per heavy atom. The molecule has 2 unspecified atom stereocenters. The predicted molar refractivity (Wildman–Crippen MR) is 115 cm³/mol. The summed E-state index contributed by atoms with van der Waals surface area (Å²) in [6, 6.07) is 27.2. The average molecular weight is 438 g/mol. The van der Waals surface area contributed by atoms with Crippen LogP contribution in [0.5, 0.6) is 11.5 Å². The number of carbonyl (C=O) groups is 1. The summed E-state index contributed by atoms with van der Waals surface area (Å²) in [5.41, 5.74) is -0.0271. The van der Waals surface area contributed by atoms with Crippen molar-refractivity contribution in [1.82, 2.24) is 0 Å². The van der Waals surface area contributed by atoms with Crippen molar-refractivity contribution < 1.29 is 14.3 Å². The molecule has 150 valence electrons. The number of benzene rings is 3. The third-order valence-corrected chi connectivity index (χ3v) is 6.00. The number of nitriles is 1. The minimum atomic E-state index is -1.27. The van der Waals surface area contributed by atoms with E-state index >= 15 is 0 Å². The lowest BCUT2D eigenvalue weighted by atomic mass is 9.96. The first kappa shape index (κ1) is 20.3. The highest BCUT2D eigenvalue weighted by Gasteiger charge is 2.73. The van der Waals surface area contributed by atoms with Gasteiger partial charge in [0, 0.05) is 12.0 Å². The molecule has 3 aromatic rings. The second-order valence-corrected chi connectivity index (χ2v) is 8.54. The van der Waals surface area contributed by atoms with E-state index < -0.39 is 21.8 Å². The van der Waals surface area contributed by atoms with Crippen molar-refractivity contribution in [2.45, 2.75) is 22.3 Å². The van der Waals surface area contributed by atoms with Gasteiger partial charge in [-0.3, -0.25) is 4.79 Å². The van der Waals surface area contributed by atoms with Crippen LogP contribution in [0.15, 0.2) is 84.9 Å². The van der Waals surface area contributed by atoms with Crippen molar-refractivity contribution in [2.75, 3.05) is 0 Å². The molecule has 6 heteroatoms. The van der Waals surface area contributed by atoms with Crippen LogP contribution < -0.4 is 4.74 Å². The van der Waals surface area contributed by atoms with E-state index in [1.165, 1.54) is 0 Å². The van der Waals surface area contributed by atoms with Gasteiger partial charge < -0.3 is 9.47 Å². The van der Waals surface area contributed by atoms with Gasteiger partial charge in [0.2, 0.25) is 6.10 Å². The van der Waals surface area contributed by atoms with E-state index in [-0.39, 0.29) is 6.42 Å². The van der Waals surface area contributed by atoms with Crippen molar-refractivity contribution >= 4 is 29.2 Å². The van der Waals surface area contributed by atoms with Crippen molar-refractivity contribution in [2.24, 2.45) is 0 Å². The number of rotatable bonds is 6. The highest BCUT2D eigenvalue weighted by Crippen LogP contribution is 2.65. The number of hydrogen-bond acceptors (Lipinski definition) is 4. The van der Waals surface area contributed by atoms with Gasteiger partial charge in [0.15, 0.2) is 0 Å². The van der Waals surface area contributed by atoms with Crippen LogP contribution in [0.1, 0.15) is 23.7 Å². The first-order valence-corrected chi connectivity index (χ1v) is 10.1. The number of ether oxygens (including phenoxy) is 2. The molecule has 30 heavy (non-hydrogen) atoms. The minimum absolute atomic E-state index is 0.223. The molecule has 1 saturated carbocycles. The van der Waals surface area contributed by atoms with Crippen LogP contribution in [0, 0.1) is 11.3 Å². The average Bonchev–Trinajstić information content (AvgIpc) is 3.37. The second-order valence-electron chi connectivity index (χ2n) is 7.05. The molecule has 0 saturated heterocycles. The zero-order valence-electron chi connectivity index (χ0n) is 15.8. The number of carbonyl (C=O) groups excluding carboxylic acids is 1. The largest absolute Gasteiger partial charge is 0.457 e. The molecule has 4 nitrogen and oxygen atoms in total. The van der Waals surface area contributed by atoms with E-state index in [1.54, 1.807) is 48.5 Å². The lowest BCUT2D eigenvalue weighted by molar-refractivity contribution is -0.150. The van der Waals surface area contributed by atoms with Crippen molar-refractivity contribution in [3.05, 3.63) is 96.1 Å². The molecule has 3 aromatic carbocycles. The standard InChI is InChI=1S/C24H17Cl2NO3/c25-24(26)16-23(24,18-9-3-1-4-10-18)22(28)30-21(15-27)17-8-7-13-20(14-17)29-19-11-5-2-6-12-19/h1-14,21H,16H2. The number of esters is 1. The summed E-state index contributed by atoms with van der Waals surface area (Å²) in [5.74, 6) is 0.568. The van der Waals surface area contributed by atoms with Crippen LogP contribution >= 0.6 is 23.2 Å². The smallest absolute Gasteiger partial charge is 0.321 e. The zero-order valence-corrected chi connectivity index (χ0v) is 17.3. The number of nitrogens with zero attached hydrogens (tertiary/aromatic N) is 1. The number of para-hydroxylation sites is 1. The molecular weight excluding hydrogens is 421 g/mol. The summed E-state index contributed by atoms with van der Waals surface area (Å²) in [6.07, 6.45) is -0.900. The number of hydrogen-bond donors (Lipinski definition) is 0. The maximum Gasteiger partial charge on any atom is 0.321 e. The third-order valence-electron chi connectivity index (χ3n) is 5.08. The Labute approximate surface area is 184 Å². The molecule has 1 fully saturated rings. The summed E-state index contributed by atoms with van der Waals surface area (Å²) >= 11 is 12.7. The van der Waals surface area contributed by atoms with Crippen LogP contribution in [0.25, 0.3) is 0 Å². The van der Waals surface area contributed by atoms with Gasteiger partial charge in [-0.2, -0.15) is 5.26 Å². The first-order valence-electron chi connectivity index (χ1n) is 9.33. The van der Waals surface area contributed by atoms with Gasteiger partial charge in [-0.15, -0.1) is 0 Å². The fourth-order valence-electron chi connectivity index (χ4n) is 3.41. The molecule has 0 amide bonds. The van der Waals surface area contributed by atoms with E-state index in [4.69, 9.17) is 32.7 Å². The Hall–Kier alpha value is -3.00. The molecule has 2 atom stereocenters. The molecule has 1 aliphatic carbocycles. The second kappa shape index (κ2) is 8.02. The van der Waals surface area contributed by atoms with Crippen LogP contribution in [0.3, 0.4) is 0 Å². The lowest BCUT2D eigenvalue weighted by Crippen LogP contribution is -2.30. The first-order chi connectivity index (χ1) is 14.5. The minimum Gasteiger partial charge on any atom is -0.457 e. The van der Waals surface area contributed by atoms with Gasteiger partial charge in [-0.25, -0.2) is 0 Å². The summed E-state index contributed by atoms with van der Waals surface area (Å²) in [7, 11) is 0. The van der Waals surface area contributed by atoms with Crippen LogP contribution in [0.2, 0.25) is 0 Å². The molecule has 4 rings (SSSR count). The molecule has 0 spiro atoms. The van der Waals surface area contributed by atoms with Gasteiger partial charge in [0.25, 0.3) is 0 Å². The van der Waals surface area contributed by atoms with Gasteiger partial charge in [0.05, 0.1) is 0 Å². The number of halogens is 2. The topological polar surface area (TPSA) is 59.3 Å². The molecule has 0 aliphatic heterocycles. The van der Waals surface area contributed by atoms with E-state index in [2.05, 4.69) is 0 Å². The Bertz CT molecular complexity index is 1100. The zero-order chi connectivity index (χ0) is 21.2. The van der Waals surface area contributed by atoms with Gasteiger partial charge >= 0.3 is 5.97 Å². The molecule has 0 radical (unpaired) electrons. The van der Waals surface area contributed by atoms with Crippen molar-refractivity contribution in [3.63, 3.8) is 0 Å². The Balaban J connectivity index is 1.56.